The summed E-state index contributed by atoms with van der Waals surface area (Å²) in [4.78, 5) is 0. The molecule has 264 valence electrons. The highest BCUT2D eigenvalue weighted by Gasteiger charge is 2.71. The van der Waals surface area contributed by atoms with Crippen molar-refractivity contribution < 1.29 is 37.9 Å². The Hall–Kier alpha value is -4.72. The molecule has 50 heavy (non-hydrogen) atoms. The number of hydrogen-bond donors (Lipinski definition) is 0. The molecule has 4 saturated carbocycles. The lowest BCUT2D eigenvalue weighted by atomic mass is 9.32. The lowest BCUT2D eigenvalue weighted by Gasteiger charge is -2.71. The monoisotopic (exact) mass is 680 g/mol. The van der Waals surface area contributed by atoms with Gasteiger partial charge in [0.15, 0.2) is 46.0 Å². The molecule has 4 aromatic rings. The van der Waals surface area contributed by atoms with Crippen molar-refractivity contribution >= 4 is 0 Å². The number of methoxy groups -OCH3 is 8. The van der Waals surface area contributed by atoms with E-state index in [9.17, 15) is 0 Å². The van der Waals surface area contributed by atoms with Crippen LogP contribution in [0.5, 0.6) is 46.0 Å². The van der Waals surface area contributed by atoms with Gasteiger partial charge in [0.05, 0.1) is 56.9 Å². The minimum Gasteiger partial charge on any atom is -0.493 e. The van der Waals surface area contributed by atoms with Crippen LogP contribution in [0.25, 0.3) is 0 Å². The van der Waals surface area contributed by atoms with Crippen molar-refractivity contribution in [3.63, 3.8) is 0 Å². The molecule has 0 unspecified atom stereocenters. The maximum atomic E-state index is 6.26. The first-order valence-electron chi connectivity index (χ1n) is 17.1. The van der Waals surface area contributed by atoms with Gasteiger partial charge in [-0.2, -0.15) is 0 Å². The first kappa shape index (κ1) is 33.8. The van der Waals surface area contributed by atoms with Gasteiger partial charge in [0.1, 0.15) is 0 Å². The summed E-state index contributed by atoms with van der Waals surface area (Å²) in [5.41, 5.74) is 3.08. The summed E-state index contributed by atoms with van der Waals surface area (Å²) in [6.07, 6.45) is 5.22. The normalized spacial score (nSPS) is 26.2. The molecule has 4 aliphatic carbocycles. The molecule has 8 heteroatoms. The number of rotatable bonds is 12. The average Bonchev–Trinajstić information content (AvgIpc) is 3.15. The quantitative estimate of drug-likeness (QED) is 0.148. The highest BCUT2D eigenvalue weighted by atomic mass is 16.5. The summed E-state index contributed by atoms with van der Waals surface area (Å²) in [6, 6.07) is 25.2. The molecule has 0 radical (unpaired) electrons. The van der Waals surface area contributed by atoms with Crippen LogP contribution in [0.2, 0.25) is 0 Å². The third kappa shape index (κ3) is 4.78. The summed E-state index contributed by atoms with van der Waals surface area (Å²) >= 11 is 0. The first-order valence-corrected chi connectivity index (χ1v) is 17.1. The summed E-state index contributed by atoms with van der Waals surface area (Å²) in [6.45, 7) is 0. The molecule has 4 aromatic carbocycles. The molecule has 0 heterocycles. The zero-order valence-corrected chi connectivity index (χ0v) is 30.4. The molecule has 4 fully saturated rings. The van der Waals surface area contributed by atoms with Gasteiger partial charge in [0.2, 0.25) is 0 Å². The fourth-order valence-electron chi connectivity index (χ4n) is 11.0. The Morgan fingerprint density at radius 3 is 0.660 bits per heavy atom. The zero-order chi connectivity index (χ0) is 35.3. The third-order valence-electron chi connectivity index (χ3n) is 12.0. The van der Waals surface area contributed by atoms with Crippen LogP contribution >= 0.6 is 0 Å². The van der Waals surface area contributed by atoms with E-state index in [1.165, 1.54) is 0 Å². The fourth-order valence-corrected chi connectivity index (χ4v) is 11.0. The van der Waals surface area contributed by atoms with Gasteiger partial charge in [-0.3, -0.25) is 0 Å². The number of hydrogen-bond acceptors (Lipinski definition) is 8. The molecule has 8 nitrogen and oxygen atoms in total. The van der Waals surface area contributed by atoms with E-state index in [0.717, 1.165) is 107 Å². The smallest absolute Gasteiger partial charge is 0.164 e. The lowest BCUT2D eigenvalue weighted by molar-refractivity contribution is -0.0718. The molecular weight excluding hydrogens is 632 g/mol. The minimum absolute atomic E-state index is 0.370. The van der Waals surface area contributed by atoms with E-state index in [1.807, 2.05) is 24.3 Å². The van der Waals surface area contributed by atoms with Crippen LogP contribution in [0, 0.1) is 0 Å². The van der Waals surface area contributed by atoms with E-state index in [4.69, 9.17) is 37.9 Å². The third-order valence-corrected chi connectivity index (χ3v) is 12.0. The summed E-state index contributed by atoms with van der Waals surface area (Å²) in [7, 11) is 13.8. The van der Waals surface area contributed by atoms with E-state index in [2.05, 4.69) is 48.5 Å². The molecule has 0 N–H and O–H groups in total. The second-order valence-electron chi connectivity index (χ2n) is 14.3. The van der Waals surface area contributed by atoms with E-state index in [-0.39, 0.29) is 21.7 Å². The van der Waals surface area contributed by atoms with E-state index >= 15 is 0 Å². The summed E-state index contributed by atoms with van der Waals surface area (Å²) < 4.78 is 48.8. The van der Waals surface area contributed by atoms with Crippen molar-refractivity contribution in [1.29, 1.82) is 0 Å². The van der Waals surface area contributed by atoms with Crippen LogP contribution in [0.1, 0.15) is 60.8 Å². The highest BCUT2D eigenvalue weighted by Crippen LogP contribution is 2.77. The van der Waals surface area contributed by atoms with Crippen LogP contribution in [-0.2, 0) is 21.7 Å². The van der Waals surface area contributed by atoms with Crippen LogP contribution in [-0.4, -0.2) is 56.9 Å². The molecule has 0 atom stereocenters. The SMILES string of the molecule is COc1cccc(C23CC4(c5cccc(OC)c5OC)CC(c5cccc(OC)c5OC)(C2)CC(c2cccc(OC)c2OC)(C3)C4)c1OC. The Balaban J connectivity index is 1.63. The first-order chi connectivity index (χ1) is 24.3. The Bertz CT molecular complexity index is 1590. The Morgan fingerprint density at radius 2 is 0.500 bits per heavy atom. The van der Waals surface area contributed by atoms with Crippen molar-refractivity contribution in [1.82, 2.24) is 0 Å². The highest BCUT2D eigenvalue weighted by molar-refractivity contribution is 5.63. The molecule has 0 spiro atoms. The Kier molecular flexibility index (Phi) is 8.48. The van der Waals surface area contributed by atoms with Crippen LogP contribution in [0.3, 0.4) is 0 Å². The van der Waals surface area contributed by atoms with Crippen molar-refractivity contribution in [3.8, 4) is 46.0 Å². The molecule has 0 aliphatic heterocycles. The maximum absolute atomic E-state index is 6.26. The molecule has 4 bridgehead atoms. The molecule has 0 amide bonds. The van der Waals surface area contributed by atoms with Crippen LogP contribution in [0.4, 0.5) is 0 Å². The molecule has 4 aliphatic rings. The van der Waals surface area contributed by atoms with Crippen molar-refractivity contribution in [3.05, 3.63) is 95.1 Å². The van der Waals surface area contributed by atoms with Crippen LogP contribution in [0.15, 0.2) is 72.8 Å². The molecule has 0 aromatic heterocycles. The van der Waals surface area contributed by atoms with Crippen molar-refractivity contribution in [2.24, 2.45) is 0 Å². The summed E-state index contributed by atoms with van der Waals surface area (Å²) in [5, 5.41) is 0. The standard InChI is InChI=1S/C42H48O8/c1-43-31-17-9-13-27(35(31)47-5)39-21-40(28-14-10-18-32(44-2)36(28)48-6)24-41(22-39,29-15-11-19-33(45-3)37(29)49-7)26-42(23-39,25-40)30-16-12-20-34(46-4)38(30)50-8/h9-20H,21-26H2,1-8H3. The van der Waals surface area contributed by atoms with Gasteiger partial charge >= 0.3 is 0 Å². The predicted octanol–water partition coefficient (Wildman–Crippen LogP) is 8.19. The van der Waals surface area contributed by atoms with Gasteiger partial charge in [-0.05, 0) is 62.8 Å². The second kappa shape index (κ2) is 12.6. The van der Waals surface area contributed by atoms with Gasteiger partial charge in [0, 0.05) is 43.9 Å². The number of para-hydroxylation sites is 4. The maximum Gasteiger partial charge on any atom is 0.164 e. The van der Waals surface area contributed by atoms with Gasteiger partial charge in [-0.1, -0.05) is 48.5 Å². The van der Waals surface area contributed by atoms with Gasteiger partial charge in [-0.25, -0.2) is 0 Å². The van der Waals surface area contributed by atoms with Crippen molar-refractivity contribution in [2.45, 2.75) is 60.2 Å². The lowest BCUT2D eigenvalue weighted by Crippen LogP contribution is -2.67. The van der Waals surface area contributed by atoms with Gasteiger partial charge in [0.25, 0.3) is 0 Å². The summed E-state index contributed by atoms with van der Waals surface area (Å²) in [5.74, 6) is 5.94. The fraction of sp³-hybridized carbons (Fsp3) is 0.429. The topological polar surface area (TPSA) is 73.8 Å². The van der Waals surface area contributed by atoms with Crippen molar-refractivity contribution in [2.75, 3.05) is 56.9 Å². The average molecular weight is 681 g/mol. The largest absolute Gasteiger partial charge is 0.493 e. The second-order valence-corrected chi connectivity index (χ2v) is 14.3. The van der Waals surface area contributed by atoms with E-state index < -0.39 is 0 Å². The molecule has 0 saturated heterocycles. The Morgan fingerprint density at radius 1 is 0.300 bits per heavy atom. The zero-order valence-electron chi connectivity index (χ0n) is 30.4. The van der Waals surface area contributed by atoms with Gasteiger partial charge < -0.3 is 37.9 Å². The minimum atomic E-state index is -0.370. The molecular formula is C42H48O8. The van der Waals surface area contributed by atoms with Gasteiger partial charge in [-0.15, -0.1) is 0 Å². The number of benzene rings is 4. The Labute approximate surface area is 295 Å². The van der Waals surface area contributed by atoms with Crippen LogP contribution < -0.4 is 37.9 Å². The molecule has 8 rings (SSSR count). The van der Waals surface area contributed by atoms with E-state index in [0.29, 0.717) is 0 Å². The number of ether oxygens (including phenoxy) is 8. The predicted molar refractivity (Wildman–Crippen MR) is 193 cm³/mol. The van der Waals surface area contributed by atoms with E-state index in [1.54, 1.807) is 56.9 Å².